The topological polar surface area (TPSA) is 49.4 Å². The molecule has 16 heavy (non-hydrogen) atoms. The van der Waals surface area contributed by atoms with Crippen LogP contribution in [-0.2, 0) is 9.59 Å². The second kappa shape index (κ2) is 5.55. The fourth-order valence-electron chi connectivity index (χ4n) is 1.74. The van der Waals surface area contributed by atoms with Crippen LogP contribution in [0.3, 0.4) is 0 Å². The van der Waals surface area contributed by atoms with Crippen molar-refractivity contribution in [2.45, 2.75) is 32.7 Å². The molecule has 0 radical (unpaired) electrons. The molecule has 2 amide bonds. The molecule has 0 aromatic heterocycles. The molecule has 1 saturated heterocycles. The summed E-state index contributed by atoms with van der Waals surface area (Å²) in [4.78, 5) is 25.1. The first kappa shape index (κ1) is 12.6. The molecule has 1 fully saturated rings. The minimum absolute atomic E-state index is 0.0573. The summed E-state index contributed by atoms with van der Waals surface area (Å²) >= 11 is 0. The van der Waals surface area contributed by atoms with Gasteiger partial charge >= 0.3 is 0 Å². The molecule has 1 N–H and O–H groups in total. The number of carbonyl (C=O) groups is 2. The number of terminal acetylenes is 1. The van der Waals surface area contributed by atoms with Crippen molar-refractivity contribution in [2.75, 3.05) is 13.1 Å². The number of hydrogen-bond acceptors (Lipinski definition) is 2. The van der Waals surface area contributed by atoms with E-state index in [2.05, 4.69) is 11.2 Å². The monoisotopic (exact) mass is 222 g/mol. The van der Waals surface area contributed by atoms with Crippen LogP contribution >= 0.6 is 0 Å². The Bertz CT molecular complexity index is 319. The average molecular weight is 222 g/mol. The van der Waals surface area contributed by atoms with Gasteiger partial charge in [-0.3, -0.25) is 9.59 Å². The molecule has 0 saturated carbocycles. The highest BCUT2D eigenvalue weighted by Crippen LogP contribution is 2.13. The van der Waals surface area contributed by atoms with E-state index in [-0.39, 0.29) is 24.3 Å². The van der Waals surface area contributed by atoms with Gasteiger partial charge in [0.05, 0.1) is 6.54 Å². The van der Waals surface area contributed by atoms with Crippen LogP contribution in [0.5, 0.6) is 0 Å². The normalized spacial score (nSPS) is 23.3. The Labute approximate surface area is 96.4 Å². The van der Waals surface area contributed by atoms with Crippen molar-refractivity contribution >= 4 is 11.8 Å². The van der Waals surface area contributed by atoms with E-state index in [1.165, 1.54) is 0 Å². The molecule has 2 unspecified atom stereocenters. The Kier molecular flexibility index (Phi) is 4.36. The summed E-state index contributed by atoms with van der Waals surface area (Å²) in [5.41, 5.74) is 0. The molecule has 1 aliphatic heterocycles. The molecule has 88 valence electrons. The molecule has 1 rings (SSSR count). The summed E-state index contributed by atoms with van der Waals surface area (Å²) in [6.45, 7) is 4.66. The predicted octanol–water partition coefficient (Wildman–Crippen LogP) is 0.383. The molecular weight excluding hydrogens is 204 g/mol. The summed E-state index contributed by atoms with van der Waals surface area (Å²) in [6, 6.07) is -0.423. The Morgan fingerprint density at radius 3 is 2.88 bits per heavy atom. The third-order valence-corrected chi connectivity index (χ3v) is 3.00. The summed E-state index contributed by atoms with van der Waals surface area (Å²) < 4.78 is 0. The van der Waals surface area contributed by atoms with Crippen LogP contribution in [-0.4, -0.2) is 35.8 Å². The third kappa shape index (κ3) is 2.75. The fourth-order valence-corrected chi connectivity index (χ4v) is 1.74. The van der Waals surface area contributed by atoms with Crippen LogP contribution in [0.4, 0.5) is 0 Å². The van der Waals surface area contributed by atoms with Crippen molar-refractivity contribution in [3.8, 4) is 12.3 Å². The summed E-state index contributed by atoms with van der Waals surface area (Å²) in [7, 11) is 0. The first-order valence-electron chi connectivity index (χ1n) is 5.61. The Morgan fingerprint density at radius 2 is 2.31 bits per heavy atom. The van der Waals surface area contributed by atoms with Crippen molar-refractivity contribution in [3.05, 3.63) is 0 Å². The molecule has 1 heterocycles. The van der Waals surface area contributed by atoms with E-state index >= 15 is 0 Å². The molecule has 2 atom stereocenters. The van der Waals surface area contributed by atoms with Crippen molar-refractivity contribution < 1.29 is 9.59 Å². The van der Waals surface area contributed by atoms with Gasteiger partial charge in [0, 0.05) is 13.0 Å². The lowest BCUT2D eigenvalue weighted by atomic mass is 9.98. The number of rotatable bonds is 3. The number of nitrogens with zero attached hydrogens (tertiary/aromatic N) is 1. The van der Waals surface area contributed by atoms with E-state index < -0.39 is 6.04 Å². The first-order valence-corrected chi connectivity index (χ1v) is 5.61. The van der Waals surface area contributed by atoms with Gasteiger partial charge < -0.3 is 10.2 Å². The highest BCUT2D eigenvalue weighted by Gasteiger charge is 2.32. The summed E-state index contributed by atoms with van der Waals surface area (Å²) in [5.74, 6) is 2.46. The van der Waals surface area contributed by atoms with Crippen LogP contribution in [0.2, 0.25) is 0 Å². The van der Waals surface area contributed by atoms with Crippen molar-refractivity contribution in [1.29, 1.82) is 0 Å². The van der Waals surface area contributed by atoms with Gasteiger partial charge in [-0.05, 0) is 5.92 Å². The summed E-state index contributed by atoms with van der Waals surface area (Å²) in [6.07, 6.45) is 6.39. The Morgan fingerprint density at radius 1 is 1.62 bits per heavy atom. The zero-order valence-corrected chi connectivity index (χ0v) is 9.82. The summed E-state index contributed by atoms with van der Waals surface area (Å²) in [5, 5.41) is 2.77. The molecule has 4 nitrogen and oxygen atoms in total. The molecule has 0 aliphatic carbocycles. The number of amides is 2. The van der Waals surface area contributed by atoms with Crippen LogP contribution in [0.25, 0.3) is 0 Å². The van der Waals surface area contributed by atoms with Crippen molar-refractivity contribution in [2.24, 2.45) is 5.92 Å². The van der Waals surface area contributed by atoms with Gasteiger partial charge in [-0.15, -0.1) is 6.42 Å². The quantitative estimate of drug-likeness (QED) is 0.702. The van der Waals surface area contributed by atoms with E-state index in [0.29, 0.717) is 13.0 Å². The van der Waals surface area contributed by atoms with E-state index in [1.54, 1.807) is 4.90 Å². The Hall–Kier alpha value is -1.50. The number of hydrogen-bond donors (Lipinski definition) is 1. The van der Waals surface area contributed by atoms with E-state index in [9.17, 15) is 9.59 Å². The highest BCUT2D eigenvalue weighted by molar-refractivity contribution is 5.90. The molecule has 0 spiro atoms. The van der Waals surface area contributed by atoms with E-state index in [4.69, 9.17) is 6.42 Å². The molecule has 4 heteroatoms. The maximum absolute atomic E-state index is 12.1. The number of carbonyl (C=O) groups excluding carboxylic acids is 2. The van der Waals surface area contributed by atoms with Gasteiger partial charge in [0.25, 0.3) is 0 Å². The molecule has 1 aliphatic rings. The van der Waals surface area contributed by atoms with Gasteiger partial charge in [0.2, 0.25) is 11.8 Å². The SMILES string of the molecule is C#CCN1CCC(=O)NC(C(C)CC)C1=O. The van der Waals surface area contributed by atoms with Gasteiger partial charge in [-0.25, -0.2) is 0 Å². The van der Waals surface area contributed by atoms with Crippen LogP contribution in [0.15, 0.2) is 0 Å². The van der Waals surface area contributed by atoms with E-state index in [1.807, 2.05) is 13.8 Å². The lowest BCUT2D eigenvalue weighted by Crippen LogP contribution is -2.48. The minimum Gasteiger partial charge on any atom is -0.344 e. The zero-order chi connectivity index (χ0) is 12.1. The van der Waals surface area contributed by atoms with Crippen molar-refractivity contribution in [1.82, 2.24) is 10.2 Å². The van der Waals surface area contributed by atoms with Gasteiger partial charge in [-0.1, -0.05) is 26.2 Å². The highest BCUT2D eigenvalue weighted by atomic mass is 16.2. The van der Waals surface area contributed by atoms with Crippen LogP contribution in [0, 0.1) is 18.3 Å². The maximum Gasteiger partial charge on any atom is 0.246 e. The fraction of sp³-hybridized carbons (Fsp3) is 0.667. The lowest BCUT2D eigenvalue weighted by molar-refractivity contribution is -0.134. The van der Waals surface area contributed by atoms with Crippen LogP contribution < -0.4 is 5.32 Å². The minimum atomic E-state index is -0.423. The maximum atomic E-state index is 12.1. The molecule has 0 bridgehead atoms. The standard InChI is InChI=1S/C12H18N2O2/c1-4-7-14-8-6-10(15)13-11(12(14)16)9(3)5-2/h1,9,11H,5-8H2,2-3H3,(H,13,15). The second-order valence-electron chi connectivity index (χ2n) is 4.14. The van der Waals surface area contributed by atoms with E-state index in [0.717, 1.165) is 6.42 Å². The van der Waals surface area contributed by atoms with Gasteiger partial charge in [0.15, 0.2) is 0 Å². The van der Waals surface area contributed by atoms with Crippen molar-refractivity contribution in [3.63, 3.8) is 0 Å². The van der Waals surface area contributed by atoms with Crippen LogP contribution in [0.1, 0.15) is 26.7 Å². The zero-order valence-electron chi connectivity index (χ0n) is 9.82. The first-order chi connectivity index (χ1) is 7.60. The second-order valence-corrected chi connectivity index (χ2v) is 4.14. The average Bonchev–Trinajstić information content (AvgIpc) is 2.41. The van der Waals surface area contributed by atoms with Gasteiger partial charge in [0.1, 0.15) is 6.04 Å². The Balaban J connectivity index is 2.84. The van der Waals surface area contributed by atoms with Gasteiger partial charge in [-0.2, -0.15) is 0 Å². The number of nitrogens with one attached hydrogen (secondary N) is 1. The molecule has 0 aromatic rings. The largest absolute Gasteiger partial charge is 0.344 e. The smallest absolute Gasteiger partial charge is 0.246 e. The molecular formula is C12H18N2O2. The predicted molar refractivity (Wildman–Crippen MR) is 61.4 cm³/mol. The molecule has 0 aromatic carbocycles. The lowest BCUT2D eigenvalue weighted by Gasteiger charge is -2.25. The third-order valence-electron chi connectivity index (χ3n) is 3.00.